The van der Waals surface area contributed by atoms with Gasteiger partial charge in [0, 0.05) is 5.69 Å². The van der Waals surface area contributed by atoms with Crippen LogP contribution in [0.15, 0.2) is 72.8 Å². The number of esters is 2. The van der Waals surface area contributed by atoms with Crippen molar-refractivity contribution in [2.45, 2.75) is 18.9 Å². The van der Waals surface area contributed by atoms with Crippen LogP contribution in [0.3, 0.4) is 0 Å². The van der Waals surface area contributed by atoms with Gasteiger partial charge in [-0.05, 0) is 66.9 Å². The minimum atomic E-state index is -0.661. The zero-order chi connectivity index (χ0) is 23.9. The number of amides is 2. The maximum absolute atomic E-state index is 12.3. The topological polar surface area (TPSA) is 106 Å². The summed E-state index contributed by atoms with van der Waals surface area (Å²) in [5.41, 5.74) is 3.28. The van der Waals surface area contributed by atoms with Crippen LogP contribution in [0.2, 0.25) is 0 Å². The summed E-state index contributed by atoms with van der Waals surface area (Å²) in [6.45, 7) is 0.753. The van der Waals surface area contributed by atoms with Crippen molar-refractivity contribution in [1.82, 2.24) is 5.32 Å². The van der Waals surface area contributed by atoms with Crippen LogP contribution >= 0.6 is 0 Å². The number of carbonyl (C=O) groups is 3. The molecule has 0 aromatic heterocycles. The van der Waals surface area contributed by atoms with E-state index < -0.39 is 18.0 Å². The van der Waals surface area contributed by atoms with E-state index in [2.05, 4.69) is 16.0 Å². The third kappa shape index (κ3) is 5.60. The van der Waals surface area contributed by atoms with Crippen molar-refractivity contribution in [2.75, 3.05) is 24.3 Å². The number of nitrogens with one attached hydrogen (secondary N) is 3. The van der Waals surface area contributed by atoms with E-state index in [-0.39, 0.29) is 6.03 Å². The summed E-state index contributed by atoms with van der Waals surface area (Å²) in [5, 5.41) is 8.55. The average Bonchev–Trinajstić information content (AvgIpc) is 3.40. The predicted molar refractivity (Wildman–Crippen MR) is 129 cm³/mol. The van der Waals surface area contributed by atoms with Crippen molar-refractivity contribution in [3.63, 3.8) is 0 Å². The molecular formula is C26H25N3O5. The van der Waals surface area contributed by atoms with Crippen LogP contribution < -0.4 is 20.7 Å². The smallest absolute Gasteiger partial charge is 0.345 e. The van der Waals surface area contributed by atoms with Gasteiger partial charge in [0.05, 0.1) is 18.4 Å². The Balaban J connectivity index is 1.34. The number of benzene rings is 3. The van der Waals surface area contributed by atoms with Crippen LogP contribution in [0, 0.1) is 0 Å². The molecule has 4 rings (SSSR count). The van der Waals surface area contributed by atoms with Gasteiger partial charge in [-0.25, -0.2) is 14.4 Å². The summed E-state index contributed by atoms with van der Waals surface area (Å²) < 4.78 is 10.2. The minimum Gasteiger partial charge on any atom is -0.495 e. The van der Waals surface area contributed by atoms with Gasteiger partial charge in [0.1, 0.15) is 11.8 Å². The van der Waals surface area contributed by atoms with E-state index in [9.17, 15) is 14.4 Å². The number of hydrogen-bond acceptors (Lipinski definition) is 6. The summed E-state index contributed by atoms with van der Waals surface area (Å²) >= 11 is 0. The summed E-state index contributed by atoms with van der Waals surface area (Å²) in [6.07, 6.45) is 1.57. The molecule has 1 fully saturated rings. The largest absolute Gasteiger partial charge is 0.495 e. The number of carbonyl (C=O) groups excluding carboxylic acids is 3. The second-order valence-electron chi connectivity index (χ2n) is 7.79. The van der Waals surface area contributed by atoms with Crippen LogP contribution in [0.1, 0.15) is 23.2 Å². The zero-order valence-corrected chi connectivity index (χ0v) is 18.7. The maximum Gasteiger partial charge on any atom is 0.345 e. The number of methoxy groups -OCH3 is 1. The normalized spacial score (nSPS) is 14.8. The highest BCUT2D eigenvalue weighted by atomic mass is 16.6. The third-order valence-corrected chi connectivity index (χ3v) is 5.49. The molecule has 1 aliphatic heterocycles. The van der Waals surface area contributed by atoms with E-state index in [1.54, 1.807) is 55.6 Å². The summed E-state index contributed by atoms with van der Waals surface area (Å²) in [5.74, 6) is -0.629. The molecule has 1 aliphatic rings. The molecule has 2 amide bonds. The van der Waals surface area contributed by atoms with Gasteiger partial charge in [0.25, 0.3) is 0 Å². The van der Waals surface area contributed by atoms with E-state index in [1.165, 1.54) is 0 Å². The molecule has 0 saturated carbocycles. The summed E-state index contributed by atoms with van der Waals surface area (Å²) in [7, 11) is 1.54. The average molecular weight is 460 g/mol. The van der Waals surface area contributed by atoms with E-state index in [0.29, 0.717) is 29.1 Å². The highest BCUT2D eigenvalue weighted by Gasteiger charge is 2.26. The monoisotopic (exact) mass is 459 g/mol. The van der Waals surface area contributed by atoms with Gasteiger partial charge in [-0.15, -0.1) is 0 Å². The molecule has 8 nitrogen and oxygen atoms in total. The van der Waals surface area contributed by atoms with Gasteiger partial charge in [-0.2, -0.15) is 0 Å². The zero-order valence-electron chi connectivity index (χ0n) is 18.7. The molecule has 0 aliphatic carbocycles. The van der Waals surface area contributed by atoms with Gasteiger partial charge in [0.15, 0.2) is 0 Å². The van der Waals surface area contributed by atoms with Gasteiger partial charge in [-0.1, -0.05) is 36.4 Å². The lowest BCUT2D eigenvalue weighted by atomic mass is 10.0. The summed E-state index contributed by atoms with van der Waals surface area (Å²) in [6, 6.07) is 20.5. The van der Waals surface area contributed by atoms with Gasteiger partial charge in [0.2, 0.25) is 0 Å². The Kier molecular flexibility index (Phi) is 7.19. The second kappa shape index (κ2) is 10.6. The maximum atomic E-state index is 12.3. The van der Waals surface area contributed by atoms with E-state index in [1.807, 2.05) is 24.3 Å². The molecule has 174 valence electrons. The van der Waals surface area contributed by atoms with Crippen molar-refractivity contribution >= 4 is 29.3 Å². The molecule has 3 N–H and O–H groups in total. The molecule has 3 aromatic carbocycles. The number of urea groups is 1. The van der Waals surface area contributed by atoms with E-state index in [0.717, 1.165) is 24.1 Å². The predicted octanol–water partition coefficient (Wildman–Crippen LogP) is 4.44. The molecule has 0 unspecified atom stereocenters. The van der Waals surface area contributed by atoms with Crippen molar-refractivity contribution < 1.29 is 23.9 Å². The Labute approximate surface area is 197 Å². The molecular weight excluding hydrogens is 434 g/mol. The van der Waals surface area contributed by atoms with Crippen LogP contribution in [-0.4, -0.2) is 37.7 Å². The molecule has 8 heteroatoms. The molecule has 1 atom stereocenters. The highest BCUT2D eigenvalue weighted by molar-refractivity contribution is 6.01. The molecule has 34 heavy (non-hydrogen) atoms. The van der Waals surface area contributed by atoms with Crippen LogP contribution in [0.5, 0.6) is 5.75 Å². The first-order valence-electron chi connectivity index (χ1n) is 10.9. The molecule has 3 aromatic rings. The quantitative estimate of drug-likeness (QED) is 0.372. The summed E-state index contributed by atoms with van der Waals surface area (Å²) in [4.78, 5) is 36.6. The van der Waals surface area contributed by atoms with E-state index in [4.69, 9.17) is 9.47 Å². The van der Waals surface area contributed by atoms with Gasteiger partial charge >= 0.3 is 18.0 Å². The number of para-hydroxylation sites is 2. The molecule has 0 bridgehead atoms. The minimum absolute atomic E-state index is 0.307. The Bertz CT molecular complexity index is 1170. The lowest BCUT2D eigenvalue weighted by Gasteiger charge is -2.11. The molecule has 1 saturated heterocycles. The Morgan fingerprint density at radius 1 is 0.882 bits per heavy atom. The Hall–Kier alpha value is -4.17. The molecule has 1 heterocycles. The van der Waals surface area contributed by atoms with Crippen LogP contribution in [0.25, 0.3) is 11.1 Å². The number of anilines is 2. The number of ether oxygens (including phenoxy) is 2. The second-order valence-corrected chi connectivity index (χ2v) is 7.79. The fraction of sp³-hybridized carbons (Fsp3) is 0.192. The molecule has 0 spiro atoms. The standard InChI is InChI=1S/C26H25N3O5/c1-33-23-7-3-2-5-21(23)29-26(32)28-20-14-12-18(13-15-20)17-8-10-19(11-9-17)24(30)34-25(31)22-6-4-16-27-22/h2-3,5,7-15,22,27H,4,6,16H2,1H3,(H2,28,29,32)/t22-/m1/s1. The first-order chi connectivity index (χ1) is 16.5. The third-order valence-electron chi connectivity index (χ3n) is 5.49. The van der Waals surface area contributed by atoms with Crippen molar-refractivity contribution in [1.29, 1.82) is 0 Å². The van der Waals surface area contributed by atoms with Gasteiger partial charge in [-0.3, -0.25) is 0 Å². The fourth-order valence-corrected chi connectivity index (χ4v) is 3.68. The van der Waals surface area contributed by atoms with Gasteiger partial charge < -0.3 is 25.4 Å². The van der Waals surface area contributed by atoms with Crippen LogP contribution in [0.4, 0.5) is 16.2 Å². The first-order valence-corrected chi connectivity index (χ1v) is 10.9. The first kappa shape index (κ1) is 23.0. The van der Waals surface area contributed by atoms with Crippen molar-refractivity contribution in [2.24, 2.45) is 0 Å². The Morgan fingerprint density at radius 3 is 2.21 bits per heavy atom. The SMILES string of the molecule is COc1ccccc1NC(=O)Nc1ccc(-c2ccc(C(=O)OC(=O)[C@H]3CCCN3)cc2)cc1. The fourth-order valence-electron chi connectivity index (χ4n) is 3.68. The number of hydrogen-bond donors (Lipinski definition) is 3. The van der Waals surface area contributed by atoms with E-state index >= 15 is 0 Å². The Morgan fingerprint density at radius 2 is 1.56 bits per heavy atom. The molecule has 0 radical (unpaired) electrons. The van der Waals surface area contributed by atoms with Crippen molar-refractivity contribution in [3.8, 4) is 16.9 Å². The highest BCUT2D eigenvalue weighted by Crippen LogP contribution is 2.25. The lowest BCUT2D eigenvalue weighted by Crippen LogP contribution is -2.33. The number of rotatable bonds is 6. The van der Waals surface area contributed by atoms with Crippen molar-refractivity contribution in [3.05, 3.63) is 78.4 Å². The lowest BCUT2D eigenvalue weighted by molar-refractivity contribution is -0.139. The van der Waals surface area contributed by atoms with Crippen LogP contribution in [-0.2, 0) is 9.53 Å².